The summed E-state index contributed by atoms with van der Waals surface area (Å²) in [5.41, 5.74) is 3.38. The average Bonchev–Trinajstić information content (AvgIpc) is 3.18. The SMILES string of the molecule is O=C(OCC1c2ccccc2-c2ccccc21)N1CC2(C(=O)O)CC1CCO2. The number of carboxylic acid groups (broad SMARTS) is 1. The number of carboxylic acids is 1. The second kappa shape index (κ2) is 6.34. The molecule has 2 unspecified atom stereocenters. The first-order valence-corrected chi connectivity index (χ1v) is 9.58. The van der Waals surface area contributed by atoms with Gasteiger partial charge in [0.2, 0.25) is 0 Å². The third-order valence-corrected chi connectivity index (χ3v) is 6.22. The van der Waals surface area contributed by atoms with E-state index in [2.05, 4.69) is 24.3 Å². The van der Waals surface area contributed by atoms with Gasteiger partial charge in [-0.1, -0.05) is 48.5 Å². The molecule has 6 heteroatoms. The van der Waals surface area contributed by atoms with E-state index in [9.17, 15) is 14.7 Å². The van der Waals surface area contributed by atoms with Crippen LogP contribution in [0.3, 0.4) is 0 Å². The van der Waals surface area contributed by atoms with E-state index in [-0.39, 0.29) is 25.1 Å². The number of fused-ring (bicyclic) bond motifs is 5. The van der Waals surface area contributed by atoms with Gasteiger partial charge in [0.25, 0.3) is 0 Å². The molecule has 144 valence electrons. The molecule has 2 aliphatic heterocycles. The van der Waals surface area contributed by atoms with Crippen molar-refractivity contribution in [2.45, 2.75) is 30.4 Å². The molecule has 2 saturated heterocycles. The Bertz CT molecular complexity index is 912. The summed E-state index contributed by atoms with van der Waals surface area (Å²) in [4.78, 5) is 26.0. The number of likely N-dealkylation sites (tertiary alicyclic amines) is 1. The number of amides is 1. The zero-order valence-corrected chi connectivity index (χ0v) is 15.3. The lowest BCUT2D eigenvalue weighted by Crippen LogP contribution is -2.45. The number of hydrogen-bond acceptors (Lipinski definition) is 4. The van der Waals surface area contributed by atoms with Crippen LogP contribution < -0.4 is 0 Å². The van der Waals surface area contributed by atoms with Gasteiger partial charge in [-0.2, -0.15) is 0 Å². The van der Waals surface area contributed by atoms with Gasteiger partial charge in [-0.25, -0.2) is 9.59 Å². The van der Waals surface area contributed by atoms with Gasteiger partial charge >= 0.3 is 12.1 Å². The molecule has 2 bridgehead atoms. The topological polar surface area (TPSA) is 76.1 Å². The first kappa shape index (κ1) is 17.3. The Morgan fingerprint density at radius 1 is 1.11 bits per heavy atom. The summed E-state index contributed by atoms with van der Waals surface area (Å²) in [7, 11) is 0. The van der Waals surface area contributed by atoms with Crippen LogP contribution >= 0.6 is 0 Å². The minimum absolute atomic E-state index is 0.0111. The summed E-state index contributed by atoms with van der Waals surface area (Å²) in [6.07, 6.45) is 0.506. The van der Waals surface area contributed by atoms with Crippen molar-refractivity contribution in [3.63, 3.8) is 0 Å². The Hall–Kier alpha value is -2.86. The number of rotatable bonds is 3. The molecule has 28 heavy (non-hydrogen) atoms. The summed E-state index contributed by atoms with van der Waals surface area (Å²) in [6.45, 7) is 0.630. The van der Waals surface area contributed by atoms with E-state index in [0.717, 1.165) is 11.1 Å². The fraction of sp³-hybridized carbons (Fsp3) is 0.364. The highest BCUT2D eigenvalue weighted by Crippen LogP contribution is 2.45. The molecule has 0 saturated carbocycles. The fourth-order valence-corrected chi connectivity index (χ4v) is 4.82. The zero-order chi connectivity index (χ0) is 19.3. The first-order chi connectivity index (χ1) is 13.6. The molecular formula is C22H21NO5. The highest BCUT2D eigenvalue weighted by Gasteiger charge is 2.55. The molecule has 0 spiro atoms. The molecule has 2 fully saturated rings. The van der Waals surface area contributed by atoms with Crippen molar-refractivity contribution in [1.82, 2.24) is 4.90 Å². The molecule has 2 atom stereocenters. The molecule has 0 aromatic heterocycles. The zero-order valence-electron chi connectivity index (χ0n) is 15.3. The molecule has 5 rings (SSSR count). The largest absolute Gasteiger partial charge is 0.479 e. The summed E-state index contributed by atoms with van der Waals surface area (Å²) < 4.78 is 11.2. The number of ether oxygens (including phenoxy) is 2. The smallest absolute Gasteiger partial charge is 0.410 e. The average molecular weight is 379 g/mol. The number of carbonyl (C=O) groups excluding carboxylic acids is 1. The lowest BCUT2D eigenvalue weighted by atomic mass is 9.96. The maximum atomic E-state index is 12.8. The number of benzene rings is 2. The molecule has 2 aromatic carbocycles. The van der Waals surface area contributed by atoms with Crippen LogP contribution in [0.4, 0.5) is 4.79 Å². The van der Waals surface area contributed by atoms with Crippen LogP contribution in [0.25, 0.3) is 11.1 Å². The van der Waals surface area contributed by atoms with E-state index in [1.165, 1.54) is 16.0 Å². The molecule has 0 radical (unpaired) electrons. The lowest BCUT2D eigenvalue weighted by molar-refractivity contribution is -0.166. The molecule has 2 aromatic rings. The van der Waals surface area contributed by atoms with Crippen molar-refractivity contribution in [2.75, 3.05) is 19.8 Å². The van der Waals surface area contributed by atoms with E-state index in [1.807, 2.05) is 24.3 Å². The Morgan fingerprint density at radius 3 is 2.36 bits per heavy atom. The van der Waals surface area contributed by atoms with Gasteiger partial charge in [0, 0.05) is 18.4 Å². The van der Waals surface area contributed by atoms with Crippen LogP contribution in [0.5, 0.6) is 0 Å². The predicted molar refractivity (Wildman–Crippen MR) is 101 cm³/mol. The minimum Gasteiger partial charge on any atom is -0.479 e. The summed E-state index contributed by atoms with van der Waals surface area (Å²) in [6, 6.07) is 16.2. The predicted octanol–water partition coefficient (Wildman–Crippen LogP) is 3.25. The molecule has 6 nitrogen and oxygen atoms in total. The molecule has 3 aliphatic rings. The van der Waals surface area contributed by atoms with Crippen LogP contribution in [-0.4, -0.2) is 53.5 Å². The standard InChI is InChI=1S/C22H21NO5/c24-20(25)22-11-14(9-10-28-22)23(13-22)21(26)27-12-19-17-7-3-1-5-15(17)16-6-2-4-8-18(16)19/h1-8,14,19H,9-13H2,(H,24,25). The molecule has 1 amide bonds. The summed E-state index contributed by atoms with van der Waals surface area (Å²) >= 11 is 0. The van der Waals surface area contributed by atoms with Crippen molar-refractivity contribution < 1.29 is 24.2 Å². The molecule has 1 aliphatic carbocycles. The van der Waals surface area contributed by atoms with Gasteiger partial charge in [-0.3, -0.25) is 0 Å². The Labute approximate surface area is 162 Å². The fourth-order valence-electron chi connectivity index (χ4n) is 4.82. The molecule has 2 heterocycles. The van der Waals surface area contributed by atoms with E-state index in [1.54, 1.807) is 0 Å². The van der Waals surface area contributed by atoms with Gasteiger partial charge < -0.3 is 19.5 Å². The minimum atomic E-state index is -1.28. The van der Waals surface area contributed by atoms with Crippen LogP contribution in [0, 0.1) is 0 Å². The highest BCUT2D eigenvalue weighted by atomic mass is 16.6. The van der Waals surface area contributed by atoms with Gasteiger partial charge in [0.15, 0.2) is 5.60 Å². The summed E-state index contributed by atoms with van der Waals surface area (Å²) in [5, 5.41) is 9.53. The maximum Gasteiger partial charge on any atom is 0.410 e. The Kier molecular flexibility index (Phi) is 3.91. The molecular weight excluding hydrogens is 358 g/mol. The summed E-state index contributed by atoms with van der Waals surface area (Å²) in [5.74, 6) is -1.02. The number of nitrogens with zero attached hydrogens (tertiary/aromatic N) is 1. The number of hydrogen-bond donors (Lipinski definition) is 1. The van der Waals surface area contributed by atoms with Crippen molar-refractivity contribution >= 4 is 12.1 Å². The van der Waals surface area contributed by atoms with Gasteiger partial charge in [-0.15, -0.1) is 0 Å². The van der Waals surface area contributed by atoms with E-state index in [4.69, 9.17) is 9.47 Å². The van der Waals surface area contributed by atoms with Crippen molar-refractivity contribution in [2.24, 2.45) is 0 Å². The number of aliphatic carboxylic acids is 1. The van der Waals surface area contributed by atoms with E-state index < -0.39 is 17.7 Å². The monoisotopic (exact) mass is 379 g/mol. The van der Waals surface area contributed by atoms with Gasteiger partial charge in [0.1, 0.15) is 6.61 Å². The van der Waals surface area contributed by atoms with E-state index >= 15 is 0 Å². The van der Waals surface area contributed by atoms with Crippen molar-refractivity contribution in [3.05, 3.63) is 59.7 Å². The highest BCUT2D eigenvalue weighted by molar-refractivity contribution is 5.81. The van der Waals surface area contributed by atoms with Gasteiger partial charge in [-0.05, 0) is 28.7 Å². The number of carbonyl (C=O) groups is 2. The second-order valence-corrected chi connectivity index (χ2v) is 7.73. The normalized spacial score (nSPS) is 25.3. The van der Waals surface area contributed by atoms with E-state index in [0.29, 0.717) is 19.4 Å². The van der Waals surface area contributed by atoms with Crippen LogP contribution in [0.2, 0.25) is 0 Å². The quantitative estimate of drug-likeness (QED) is 0.886. The molecule has 1 N–H and O–H groups in total. The third kappa shape index (κ3) is 2.52. The maximum absolute atomic E-state index is 12.8. The van der Waals surface area contributed by atoms with Crippen LogP contribution in [0.15, 0.2) is 48.5 Å². The lowest BCUT2D eigenvalue weighted by Gasteiger charge is -2.27. The second-order valence-electron chi connectivity index (χ2n) is 7.73. The third-order valence-electron chi connectivity index (χ3n) is 6.22. The van der Waals surface area contributed by atoms with Crippen LogP contribution in [0.1, 0.15) is 29.9 Å². The van der Waals surface area contributed by atoms with Crippen molar-refractivity contribution in [3.8, 4) is 11.1 Å². The van der Waals surface area contributed by atoms with Gasteiger partial charge in [0.05, 0.1) is 13.2 Å². The first-order valence-electron chi connectivity index (χ1n) is 9.58. The Balaban J connectivity index is 1.35. The Morgan fingerprint density at radius 2 is 1.75 bits per heavy atom. The van der Waals surface area contributed by atoms with Crippen LogP contribution in [-0.2, 0) is 14.3 Å². The van der Waals surface area contributed by atoms with Crippen molar-refractivity contribution in [1.29, 1.82) is 0 Å².